The van der Waals surface area contributed by atoms with E-state index in [1.807, 2.05) is 49.4 Å². The molecule has 0 aromatic heterocycles. The molecule has 2 N–H and O–H groups in total. The third-order valence-electron chi connectivity index (χ3n) is 3.01. The molecule has 94 valence electrons. The minimum Gasteiger partial charge on any atom is -0.493 e. The molecule has 0 spiro atoms. The second kappa shape index (κ2) is 6.22. The topological polar surface area (TPSA) is 35.2 Å². The summed E-state index contributed by atoms with van der Waals surface area (Å²) in [5.41, 5.74) is 8.43. The summed E-state index contributed by atoms with van der Waals surface area (Å²) in [6, 6.07) is 18.2. The molecule has 1 unspecified atom stereocenters. The second-order valence-corrected chi connectivity index (χ2v) is 4.42. The van der Waals surface area contributed by atoms with Crippen LogP contribution in [0.3, 0.4) is 0 Å². The van der Waals surface area contributed by atoms with Crippen LogP contribution in [0.25, 0.3) is 0 Å². The van der Waals surface area contributed by atoms with Gasteiger partial charge in [0, 0.05) is 12.5 Å². The Morgan fingerprint density at radius 1 is 1.00 bits per heavy atom. The summed E-state index contributed by atoms with van der Waals surface area (Å²) < 4.78 is 5.75. The van der Waals surface area contributed by atoms with E-state index >= 15 is 0 Å². The number of benzene rings is 2. The molecule has 0 bridgehead atoms. The average Bonchev–Trinajstić information content (AvgIpc) is 2.42. The first-order chi connectivity index (χ1) is 8.77. The number of ether oxygens (including phenoxy) is 1. The minimum atomic E-state index is 0.0372. The Balaban J connectivity index is 1.84. The van der Waals surface area contributed by atoms with E-state index in [2.05, 4.69) is 12.1 Å². The van der Waals surface area contributed by atoms with E-state index in [4.69, 9.17) is 10.5 Å². The summed E-state index contributed by atoms with van der Waals surface area (Å²) in [6.45, 7) is 2.69. The average molecular weight is 241 g/mol. The van der Waals surface area contributed by atoms with Crippen molar-refractivity contribution in [2.45, 2.75) is 19.4 Å². The first kappa shape index (κ1) is 12.7. The molecule has 0 fully saturated rings. The molecule has 18 heavy (non-hydrogen) atoms. The summed E-state index contributed by atoms with van der Waals surface area (Å²) in [5.74, 6) is 0.942. The Hall–Kier alpha value is -1.80. The standard InChI is InChI=1S/C16H19NO/c1-13-7-5-6-10-16(13)18-12-11-15(17)14-8-3-2-4-9-14/h2-10,15H,11-12,17H2,1H3. The molecule has 0 aliphatic rings. The van der Waals surface area contributed by atoms with Gasteiger partial charge < -0.3 is 10.5 Å². The predicted octanol–water partition coefficient (Wildman–Crippen LogP) is 3.46. The van der Waals surface area contributed by atoms with Crippen molar-refractivity contribution in [3.05, 3.63) is 65.7 Å². The Bertz CT molecular complexity index is 481. The molecule has 0 amide bonds. The number of nitrogens with two attached hydrogens (primary N) is 1. The molecule has 0 saturated heterocycles. The fourth-order valence-electron chi connectivity index (χ4n) is 1.88. The van der Waals surface area contributed by atoms with Crippen molar-refractivity contribution in [1.82, 2.24) is 0 Å². The van der Waals surface area contributed by atoms with Gasteiger partial charge in [0.2, 0.25) is 0 Å². The number of hydrogen-bond acceptors (Lipinski definition) is 2. The zero-order chi connectivity index (χ0) is 12.8. The second-order valence-electron chi connectivity index (χ2n) is 4.42. The van der Waals surface area contributed by atoms with Crippen LogP contribution in [0, 0.1) is 6.92 Å². The molecule has 0 radical (unpaired) electrons. The first-order valence-corrected chi connectivity index (χ1v) is 6.26. The molecule has 2 nitrogen and oxygen atoms in total. The van der Waals surface area contributed by atoms with Crippen molar-refractivity contribution in [3.63, 3.8) is 0 Å². The van der Waals surface area contributed by atoms with E-state index in [0.717, 1.165) is 23.3 Å². The van der Waals surface area contributed by atoms with Crippen LogP contribution in [0.2, 0.25) is 0 Å². The summed E-state index contributed by atoms with van der Waals surface area (Å²) in [6.07, 6.45) is 0.818. The highest BCUT2D eigenvalue weighted by atomic mass is 16.5. The van der Waals surface area contributed by atoms with Gasteiger partial charge in [-0.05, 0) is 24.1 Å². The number of aryl methyl sites for hydroxylation is 1. The summed E-state index contributed by atoms with van der Waals surface area (Å²) in [4.78, 5) is 0. The van der Waals surface area contributed by atoms with Crippen LogP contribution in [0.15, 0.2) is 54.6 Å². The highest BCUT2D eigenvalue weighted by molar-refractivity contribution is 5.31. The lowest BCUT2D eigenvalue weighted by molar-refractivity contribution is 0.297. The van der Waals surface area contributed by atoms with Crippen molar-refractivity contribution in [2.75, 3.05) is 6.61 Å². The van der Waals surface area contributed by atoms with Crippen LogP contribution in [-0.4, -0.2) is 6.61 Å². The zero-order valence-corrected chi connectivity index (χ0v) is 10.7. The Morgan fingerprint density at radius 2 is 1.67 bits per heavy atom. The molecular weight excluding hydrogens is 222 g/mol. The van der Waals surface area contributed by atoms with Crippen LogP contribution >= 0.6 is 0 Å². The SMILES string of the molecule is Cc1ccccc1OCCC(N)c1ccccc1. The third kappa shape index (κ3) is 3.34. The van der Waals surface area contributed by atoms with Gasteiger partial charge >= 0.3 is 0 Å². The van der Waals surface area contributed by atoms with E-state index in [-0.39, 0.29) is 6.04 Å². The molecular formula is C16H19NO. The fraction of sp³-hybridized carbons (Fsp3) is 0.250. The van der Waals surface area contributed by atoms with Gasteiger partial charge in [-0.3, -0.25) is 0 Å². The molecule has 0 saturated carbocycles. The van der Waals surface area contributed by atoms with Gasteiger partial charge in [0.15, 0.2) is 0 Å². The quantitative estimate of drug-likeness (QED) is 0.870. The molecule has 2 aromatic rings. The molecule has 2 aromatic carbocycles. The first-order valence-electron chi connectivity index (χ1n) is 6.26. The van der Waals surface area contributed by atoms with E-state index in [0.29, 0.717) is 6.61 Å². The third-order valence-corrected chi connectivity index (χ3v) is 3.01. The van der Waals surface area contributed by atoms with Crippen LogP contribution in [0.4, 0.5) is 0 Å². The zero-order valence-electron chi connectivity index (χ0n) is 10.7. The lowest BCUT2D eigenvalue weighted by Crippen LogP contribution is -2.14. The van der Waals surface area contributed by atoms with Crippen molar-refractivity contribution in [2.24, 2.45) is 5.73 Å². The maximum atomic E-state index is 6.12. The Kier molecular flexibility index (Phi) is 4.37. The number of para-hydroxylation sites is 1. The summed E-state index contributed by atoms with van der Waals surface area (Å²) in [7, 11) is 0. The van der Waals surface area contributed by atoms with E-state index < -0.39 is 0 Å². The molecule has 0 aliphatic heterocycles. The monoisotopic (exact) mass is 241 g/mol. The normalized spacial score (nSPS) is 12.1. The smallest absolute Gasteiger partial charge is 0.122 e. The van der Waals surface area contributed by atoms with Crippen molar-refractivity contribution >= 4 is 0 Å². The molecule has 0 aliphatic carbocycles. The van der Waals surface area contributed by atoms with E-state index in [1.54, 1.807) is 0 Å². The van der Waals surface area contributed by atoms with Gasteiger partial charge in [0.1, 0.15) is 5.75 Å². The van der Waals surface area contributed by atoms with Gasteiger partial charge in [0.25, 0.3) is 0 Å². The van der Waals surface area contributed by atoms with Crippen LogP contribution in [0.1, 0.15) is 23.6 Å². The Morgan fingerprint density at radius 3 is 2.39 bits per heavy atom. The highest BCUT2D eigenvalue weighted by Crippen LogP contribution is 2.18. The summed E-state index contributed by atoms with van der Waals surface area (Å²) >= 11 is 0. The molecule has 1 atom stereocenters. The van der Waals surface area contributed by atoms with Gasteiger partial charge in [-0.1, -0.05) is 48.5 Å². The van der Waals surface area contributed by atoms with Crippen molar-refractivity contribution in [3.8, 4) is 5.75 Å². The highest BCUT2D eigenvalue weighted by Gasteiger charge is 2.05. The molecule has 0 heterocycles. The van der Waals surface area contributed by atoms with Crippen molar-refractivity contribution in [1.29, 1.82) is 0 Å². The largest absolute Gasteiger partial charge is 0.493 e. The lowest BCUT2D eigenvalue weighted by atomic mass is 10.1. The van der Waals surface area contributed by atoms with Gasteiger partial charge in [-0.15, -0.1) is 0 Å². The van der Waals surface area contributed by atoms with Crippen LogP contribution < -0.4 is 10.5 Å². The number of hydrogen-bond donors (Lipinski definition) is 1. The summed E-state index contributed by atoms with van der Waals surface area (Å²) in [5, 5.41) is 0. The molecule has 2 rings (SSSR count). The Labute approximate surface area is 108 Å². The number of rotatable bonds is 5. The maximum Gasteiger partial charge on any atom is 0.122 e. The van der Waals surface area contributed by atoms with Gasteiger partial charge in [0.05, 0.1) is 6.61 Å². The van der Waals surface area contributed by atoms with E-state index in [9.17, 15) is 0 Å². The maximum absolute atomic E-state index is 6.12. The van der Waals surface area contributed by atoms with Crippen LogP contribution in [-0.2, 0) is 0 Å². The fourth-order valence-corrected chi connectivity index (χ4v) is 1.88. The molecule has 2 heteroatoms. The lowest BCUT2D eigenvalue weighted by Gasteiger charge is -2.13. The predicted molar refractivity (Wildman–Crippen MR) is 74.7 cm³/mol. The van der Waals surface area contributed by atoms with Gasteiger partial charge in [-0.25, -0.2) is 0 Å². The van der Waals surface area contributed by atoms with Crippen molar-refractivity contribution < 1.29 is 4.74 Å². The van der Waals surface area contributed by atoms with Crippen LogP contribution in [0.5, 0.6) is 5.75 Å². The van der Waals surface area contributed by atoms with E-state index in [1.165, 1.54) is 0 Å². The minimum absolute atomic E-state index is 0.0372. The van der Waals surface area contributed by atoms with Gasteiger partial charge in [-0.2, -0.15) is 0 Å².